The minimum absolute atomic E-state index is 0.0516. The van der Waals surface area contributed by atoms with Crippen molar-refractivity contribution < 1.29 is 5.11 Å². The Kier molecular flexibility index (Phi) is 5.40. The third-order valence-corrected chi connectivity index (χ3v) is 6.18. The first-order valence-corrected chi connectivity index (χ1v) is 11.1. The lowest BCUT2D eigenvalue weighted by atomic mass is 9.92. The first-order chi connectivity index (χ1) is 16.4. The van der Waals surface area contributed by atoms with E-state index in [1.165, 1.54) is 18.6 Å². The monoisotopic (exact) mass is 456 g/mol. The summed E-state index contributed by atoms with van der Waals surface area (Å²) in [5.41, 5.74) is 7.54. The lowest BCUT2D eigenvalue weighted by Crippen LogP contribution is -2.34. The molecule has 0 bridgehead atoms. The normalized spacial score (nSPS) is 14.5. The van der Waals surface area contributed by atoms with Gasteiger partial charge in [0.15, 0.2) is 0 Å². The van der Waals surface area contributed by atoms with Crippen molar-refractivity contribution in [2.75, 3.05) is 11.1 Å². The molecule has 5 N–H and O–H groups in total. The van der Waals surface area contributed by atoms with E-state index in [4.69, 9.17) is 16.1 Å². The molecular formula is C24H24N8O2. The molecule has 10 nitrogen and oxygen atoms in total. The van der Waals surface area contributed by atoms with Crippen LogP contribution in [0.5, 0.6) is 5.88 Å². The van der Waals surface area contributed by atoms with Gasteiger partial charge in [-0.2, -0.15) is 0 Å². The SMILES string of the molecule is CC(Nc1ncnc(N)c1C(=N)c1ccc(O)nc1)c1nc2ccccc2c(=O)n1C1CCC1. The van der Waals surface area contributed by atoms with Crippen LogP contribution in [-0.4, -0.2) is 35.3 Å². The van der Waals surface area contributed by atoms with Crippen LogP contribution in [0.1, 0.15) is 55.2 Å². The van der Waals surface area contributed by atoms with Crippen LogP contribution in [0.3, 0.4) is 0 Å². The molecule has 0 spiro atoms. The van der Waals surface area contributed by atoms with E-state index in [-0.39, 0.29) is 29.0 Å². The van der Waals surface area contributed by atoms with E-state index >= 15 is 0 Å². The summed E-state index contributed by atoms with van der Waals surface area (Å²) in [6, 6.07) is 10.0. The number of aromatic hydroxyl groups is 1. The first kappa shape index (κ1) is 21.5. The summed E-state index contributed by atoms with van der Waals surface area (Å²) in [5.74, 6) is 0.942. The molecule has 10 heteroatoms. The number of benzene rings is 1. The molecule has 1 aliphatic rings. The molecule has 5 rings (SSSR count). The predicted molar refractivity (Wildman–Crippen MR) is 129 cm³/mol. The van der Waals surface area contributed by atoms with Crippen LogP contribution in [-0.2, 0) is 0 Å². The summed E-state index contributed by atoms with van der Waals surface area (Å²) in [6.07, 6.45) is 5.66. The first-order valence-electron chi connectivity index (χ1n) is 11.1. The minimum atomic E-state index is -0.406. The number of nitrogen functional groups attached to an aromatic ring is 1. The number of hydrogen-bond donors (Lipinski definition) is 4. The Labute approximate surface area is 195 Å². The highest BCUT2D eigenvalue weighted by Crippen LogP contribution is 2.34. The van der Waals surface area contributed by atoms with Crippen LogP contribution in [0.2, 0.25) is 0 Å². The lowest BCUT2D eigenvalue weighted by molar-refractivity contribution is 0.294. The quantitative estimate of drug-likeness (QED) is 0.322. The summed E-state index contributed by atoms with van der Waals surface area (Å²) in [7, 11) is 0. The van der Waals surface area contributed by atoms with E-state index in [0.29, 0.717) is 33.7 Å². The van der Waals surface area contributed by atoms with E-state index in [1.54, 1.807) is 16.7 Å². The molecule has 1 atom stereocenters. The maximum atomic E-state index is 13.4. The number of pyridine rings is 1. The summed E-state index contributed by atoms with van der Waals surface area (Å²) >= 11 is 0. The molecule has 3 heterocycles. The molecule has 0 saturated heterocycles. The Morgan fingerprint density at radius 2 is 2.00 bits per heavy atom. The lowest BCUT2D eigenvalue weighted by Gasteiger charge is -2.31. The molecule has 4 aromatic rings. The van der Waals surface area contributed by atoms with E-state index in [0.717, 1.165) is 19.3 Å². The number of nitrogens with zero attached hydrogens (tertiary/aromatic N) is 5. The van der Waals surface area contributed by atoms with E-state index < -0.39 is 6.04 Å². The van der Waals surface area contributed by atoms with Crippen molar-refractivity contribution in [3.8, 4) is 5.88 Å². The number of aromatic nitrogens is 5. The third kappa shape index (κ3) is 3.72. The van der Waals surface area contributed by atoms with Crippen LogP contribution in [0.15, 0.2) is 53.7 Å². The number of hydrogen-bond acceptors (Lipinski definition) is 9. The second-order valence-corrected chi connectivity index (χ2v) is 8.38. The van der Waals surface area contributed by atoms with Gasteiger partial charge in [-0.3, -0.25) is 14.8 Å². The van der Waals surface area contributed by atoms with Gasteiger partial charge < -0.3 is 16.2 Å². The highest BCUT2D eigenvalue weighted by Gasteiger charge is 2.28. The summed E-state index contributed by atoms with van der Waals surface area (Å²) in [6.45, 7) is 1.90. The predicted octanol–water partition coefficient (Wildman–Crippen LogP) is 3.18. The van der Waals surface area contributed by atoms with Crippen LogP contribution in [0.4, 0.5) is 11.6 Å². The van der Waals surface area contributed by atoms with Crippen molar-refractivity contribution >= 4 is 28.3 Å². The average Bonchev–Trinajstić information content (AvgIpc) is 2.80. The van der Waals surface area contributed by atoms with Gasteiger partial charge in [-0.25, -0.2) is 19.9 Å². The smallest absolute Gasteiger partial charge is 0.261 e. The number of nitrogens with two attached hydrogens (primary N) is 1. The Bertz CT molecular complexity index is 1440. The molecule has 1 aromatic carbocycles. The second kappa shape index (κ2) is 8.54. The summed E-state index contributed by atoms with van der Waals surface area (Å²) in [4.78, 5) is 30.4. The van der Waals surface area contributed by atoms with Gasteiger partial charge in [0.25, 0.3) is 5.56 Å². The molecule has 1 fully saturated rings. The fourth-order valence-electron chi connectivity index (χ4n) is 4.17. The van der Waals surface area contributed by atoms with Gasteiger partial charge in [0.2, 0.25) is 5.88 Å². The van der Waals surface area contributed by atoms with Crippen LogP contribution >= 0.6 is 0 Å². The Balaban J connectivity index is 1.56. The van der Waals surface area contributed by atoms with Crippen molar-refractivity contribution in [2.24, 2.45) is 0 Å². The van der Waals surface area contributed by atoms with Gasteiger partial charge in [-0.1, -0.05) is 12.1 Å². The zero-order valence-corrected chi connectivity index (χ0v) is 18.6. The highest BCUT2D eigenvalue weighted by molar-refractivity contribution is 6.16. The number of rotatable bonds is 6. The van der Waals surface area contributed by atoms with Gasteiger partial charge in [0.05, 0.1) is 28.2 Å². The number of anilines is 2. The average molecular weight is 457 g/mol. The Hall–Kier alpha value is -4.34. The standard InChI is InChI=1S/C24H24N8O2/c1-13(23-31-17-8-3-2-7-16(17)24(34)32(23)15-5-4-6-15)30-22-19(21(26)28-12-29-22)20(25)14-9-10-18(33)27-11-14/h2-3,7-13,15,25H,4-6H2,1H3,(H,27,33)(H3,26,28,29,30). The van der Waals surface area contributed by atoms with Gasteiger partial charge in [-0.05, 0) is 44.4 Å². The van der Waals surface area contributed by atoms with Crippen molar-refractivity contribution in [1.82, 2.24) is 24.5 Å². The van der Waals surface area contributed by atoms with E-state index in [9.17, 15) is 9.90 Å². The van der Waals surface area contributed by atoms with Crippen molar-refractivity contribution in [2.45, 2.75) is 38.3 Å². The maximum absolute atomic E-state index is 13.4. The van der Waals surface area contributed by atoms with E-state index in [1.807, 2.05) is 25.1 Å². The molecule has 0 aliphatic heterocycles. The maximum Gasteiger partial charge on any atom is 0.261 e. The van der Waals surface area contributed by atoms with Crippen LogP contribution in [0.25, 0.3) is 10.9 Å². The van der Waals surface area contributed by atoms with Crippen molar-refractivity contribution in [3.05, 3.63) is 76.2 Å². The van der Waals surface area contributed by atoms with Crippen LogP contribution < -0.4 is 16.6 Å². The van der Waals surface area contributed by atoms with E-state index in [2.05, 4.69) is 20.3 Å². The molecule has 1 unspecified atom stereocenters. The zero-order valence-electron chi connectivity index (χ0n) is 18.6. The number of para-hydroxylation sites is 1. The van der Waals surface area contributed by atoms with Crippen LogP contribution in [0, 0.1) is 5.41 Å². The summed E-state index contributed by atoms with van der Waals surface area (Å²) in [5, 5.41) is 22.0. The number of nitrogens with one attached hydrogen (secondary N) is 2. The minimum Gasteiger partial charge on any atom is -0.493 e. The second-order valence-electron chi connectivity index (χ2n) is 8.38. The highest BCUT2D eigenvalue weighted by atomic mass is 16.3. The summed E-state index contributed by atoms with van der Waals surface area (Å²) < 4.78 is 1.79. The van der Waals surface area contributed by atoms with Gasteiger partial charge >= 0.3 is 0 Å². The number of fused-ring (bicyclic) bond motifs is 1. The molecule has 1 aliphatic carbocycles. The molecule has 1 saturated carbocycles. The molecular weight excluding hydrogens is 432 g/mol. The molecule has 0 radical (unpaired) electrons. The topological polar surface area (TPSA) is 156 Å². The van der Waals surface area contributed by atoms with Gasteiger partial charge in [-0.15, -0.1) is 0 Å². The third-order valence-electron chi connectivity index (χ3n) is 6.18. The largest absolute Gasteiger partial charge is 0.493 e. The zero-order chi connectivity index (χ0) is 23.8. The van der Waals surface area contributed by atoms with Crippen molar-refractivity contribution in [3.63, 3.8) is 0 Å². The molecule has 34 heavy (non-hydrogen) atoms. The fourth-order valence-corrected chi connectivity index (χ4v) is 4.17. The van der Waals surface area contributed by atoms with Gasteiger partial charge in [0, 0.05) is 23.9 Å². The van der Waals surface area contributed by atoms with Crippen molar-refractivity contribution in [1.29, 1.82) is 5.41 Å². The Morgan fingerprint density at radius 3 is 2.71 bits per heavy atom. The Morgan fingerprint density at radius 1 is 1.21 bits per heavy atom. The molecule has 3 aromatic heterocycles. The molecule has 0 amide bonds. The fraction of sp³-hybridized carbons (Fsp3) is 0.250. The van der Waals surface area contributed by atoms with Gasteiger partial charge in [0.1, 0.15) is 23.8 Å². The molecule has 172 valence electrons.